The lowest BCUT2D eigenvalue weighted by atomic mass is 10.1. The number of rotatable bonds is 4. The molecule has 0 fully saturated rings. The van der Waals surface area contributed by atoms with Gasteiger partial charge in [0.15, 0.2) is 0 Å². The molecule has 0 aromatic heterocycles. The number of aryl methyl sites for hydroxylation is 2. The predicted molar refractivity (Wildman–Crippen MR) is 98.3 cm³/mol. The average Bonchev–Trinajstić information content (AvgIpc) is 2.81. The maximum absolute atomic E-state index is 12.8. The summed E-state index contributed by atoms with van der Waals surface area (Å²) >= 11 is 6.10. The van der Waals surface area contributed by atoms with E-state index in [4.69, 9.17) is 16.7 Å². The van der Waals surface area contributed by atoms with Gasteiger partial charge in [0.05, 0.1) is 11.3 Å². The van der Waals surface area contributed by atoms with Crippen LogP contribution in [0, 0.1) is 13.8 Å². The molecule has 6 nitrogen and oxygen atoms in total. The van der Waals surface area contributed by atoms with Crippen LogP contribution in [-0.2, 0) is 9.59 Å². The number of nitrogens with one attached hydrogen (secondary N) is 1. The van der Waals surface area contributed by atoms with Crippen LogP contribution in [0.2, 0.25) is 0 Å². The van der Waals surface area contributed by atoms with Gasteiger partial charge >= 0.3 is 5.97 Å². The molecule has 7 heteroatoms. The molecule has 1 aliphatic heterocycles. The molecule has 0 aliphatic carbocycles. The van der Waals surface area contributed by atoms with Crippen LogP contribution in [0.5, 0.6) is 0 Å². The molecule has 1 aliphatic rings. The van der Waals surface area contributed by atoms with Gasteiger partial charge in [-0.05, 0) is 49.2 Å². The van der Waals surface area contributed by atoms with Crippen LogP contribution < -0.4 is 10.2 Å². The summed E-state index contributed by atoms with van der Waals surface area (Å²) in [5, 5.41) is 11.6. The first-order chi connectivity index (χ1) is 12.3. The van der Waals surface area contributed by atoms with Crippen molar-refractivity contribution < 1.29 is 19.5 Å². The van der Waals surface area contributed by atoms with Gasteiger partial charge in [-0.2, -0.15) is 0 Å². The summed E-state index contributed by atoms with van der Waals surface area (Å²) in [5.74, 6) is -2.31. The van der Waals surface area contributed by atoms with Crippen LogP contribution >= 0.6 is 11.6 Å². The Morgan fingerprint density at radius 3 is 2.50 bits per heavy atom. The number of carbonyl (C=O) groups excluding carboxylic acids is 2. The van der Waals surface area contributed by atoms with Crippen molar-refractivity contribution in [3.05, 3.63) is 69.9 Å². The zero-order valence-corrected chi connectivity index (χ0v) is 14.8. The molecule has 0 bridgehead atoms. The third-order valence-corrected chi connectivity index (χ3v) is 4.36. The summed E-state index contributed by atoms with van der Waals surface area (Å²) in [7, 11) is 0. The predicted octanol–water partition coefficient (Wildman–Crippen LogP) is 3.44. The quantitative estimate of drug-likeness (QED) is 0.805. The number of benzene rings is 2. The topological polar surface area (TPSA) is 86.7 Å². The third-order valence-electron chi connectivity index (χ3n) is 4.01. The van der Waals surface area contributed by atoms with Gasteiger partial charge in [0.25, 0.3) is 11.8 Å². The number of amides is 2. The van der Waals surface area contributed by atoms with E-state index in [1.54, 1.807) is 19.1 Å². The van der Waals surface area contributed by atoms with Crippen LogP contribution in [0.25, 0.3) is 0 Å². The molecule has 26 heavy (non-hydrogen) atoms. The molecule has 1 heterocycles. The molecule has 0 atom stereocenters. The Hall–Kier alpha value is -3.12. The van der Waals surface area contributed by atoms with Crippen LogP contribution in [-0.4, -0.2) is 22.9 Å². The normalized spacial score (nSPS) is 14.2. The second-order valence-corrected chi connectivity index (χ2v) is 6.31. The molecule has 0 saturated heterocycles. The minimum absolute atomic E-state index is 0.0508. The number of imide groups is 1. The van der Waals surface area contributed by atoms with Gasteiger partial charge in [0, 0.05) is 5.69 Å². The van der Waals surface area contributed by atoms with E-state index >= 15 is 0 Å². The van der Waals surface area contributed by atoms with Gasteiger partial charge in [-0.15, -0.1) is 0 Å². The van der Waals surface area contributed by atoms with Gasteiger partial charge in [-0.1, -0.05) is 29.8 Å². The minimum atomic E-state index is -1.10. The van der Waals surface area contributed by atoms with Gasteiger partial charge in [-0.3, -0.25) is 9.59 Å². The molecule has 2 aromatic rings. The van der Waals surface area contributed by atoms with Crippen LogP contribution in [0.15, 0.2) is 53.2 Å². The lowest BCUT2D eigenvalue weighted by Gasteiger charge is -2.18. The largest absolute Gasteiger partial charge is 0.478 e. The lowest BCUT2D eigenvalue weighted by Crippen LogP contribution is -2.32. The SMILES string of the molecule is Cc1ccc(C)c(N2C(=O)C(Cl)=C(Nc3cccc(C(=O)O)c3)C2=O)c1. The summed E-state index contributed by atoms with van der Waals surface area (Å²) in [6, 6.07) is 11.3. The summed E-state index contributed by atoms with van der Waals surface area (Å²) < 4.78 is 0. The number of nitrogens with zero attached hydrogens (tertiary/aromatic N) is 1. The molecule has 132 valence electrons. The number of carboxylic acids is 1. The number of hydrogen-bond acceptors (Lipinski definition) is 4. The number of halogens is 1. The Bertz CT molecular complexity index is 981. The van der Waals surface area contributed by atoms with E-state index in [0.29, 0.717) is 11.4 Å². The first-order valence-electron chi connectivity index (χ1n) is 7.76. The van der Waals surface area contributed by atoms with Crippen molar-refractivity contribution in [2.45, 2.75) is 13.8 Å². The van der Waals surface area contributed by atoms with Crippen LogP contribution in [0.3, 0.4) is 0 Å². The van der Waals surface area contributed by atoms with Gasteiger partial charge in [0.2, 0.25) is 0 Å². The standard InChI is InChI=1S/C19H15ClN2O4/c1-10-6-7-11(2)14(8-10)22-17(23)15(20)16(18(22)24)21-13-5-3-4-12(9-13)19(25)26/h3-9,21H,1-2H3,(H,25,26). The molecule has 0 unspecified atom stereocenters. The van der Waals surface area contributed by atoms with E-state index in [0.717, 1.165) is 16.0 Å². The fourth-order valence-electron chi connectivity index (χ4n) is 2.66. The molecule has 0 radical (unpaired) electrons. The zero-order valence-electron chi connectivity index (χ0n) is 14.0. The number of carbonyl (C=O) groups is 3. The van der Waals surface area contributed by atoms with Crippen molar-refractivity contribution in [3.63, 3.8) is 0 Å². The number of hydrogen-bond donors (Lipinski definition) is 2. The smallest absolute Gasteiger partial charge is 0.335 e. The van der Waals surface area contributed by atoms with Crippen molar-refractivity contribution in [1.82, 2.24) is 0 Å². The molecular weight excluding hydrogens is 356 g/mol. The fraction of sp³-hybridized carbons (Fsp3) is 0.105. The maximum atomic E-state index is 12.8. The monoisotopic (exact) mass is 370 g/mol. The van der Waals surface area contributed by atoms with Crippen molar-refractivity contribution in [2.75, 3.05) is 10.2 Å². The van der Waals surface area contributed by atoms with Crippen molar-refractivity contribution >= 4 is 40.8 Å². The van der Waals surface area contributed by atoms with Crippen molar-refractivity contribution in [2.24, 2.45) is 0 Å². The zero-order chi connectivity index (χ0) is 19.0. The van der Waals surface area contributed by atoms with Gasteiger partial charge in [0.1, 0.15) is 10.7 Å². The summed E-state index contributed by atoms with van der Waals surface area (Å²) in [6.07, 6.45) is 0. The first-order valence-corrected chi connectivity index (χ1v) is 8.13. The van der Waals surface area contributed by atoms with E-state index in [9.17, 15) is 14.4 Å². The van der Waals surface area contributed by atoms with Crippen LogP contribution in [0.4, 0.5) is 11.4 Å². The van der Waals surface area contributed by atoms with E-state index in [1.807, 2.05) is 19.1 Å². The fourth-order valence-corrected chi connectivity index (χ4v) is 2.88. The van der Waals surface area contributed by atoms with Gasteiger partial charge < -0.3 is 10.4 Å². The molecular formula is C19H15ClN2O4. The number of anilines is 2. The molecule has 2 amide bonds. The maximum Gasteiger partial charge on any atom is 0.335 e. The Morgan fingerprint density at radius 1 is 1.08 bits per heavy atom. The molecule has 2 aromatic carbocycles. The van der Waals surface area contributed by atoms with E-state index in [2.05, 4.69) is 5.32 Å². The highest BCUT2D eigenvalue weighted by atomic mass is 35.5. The lowest BCUT2D eigenvalue weighted by molar-refractivity contribution is -0.120. The van der Waals surface area contributed by atoms with Crippen molar-refractivity contribution in [3.8, 4) is 0 Å². The molecule has 2 N–H and O–H groups in total. The molecule has 3 rings (SSSR count). The van der Waals surface area contributed by atoms with Crippen molar-refractivity contribution in [1.29, 1.82) is 0 Å². The highest BCUT2D eigenvalue weighted by Gasteiger charge is 2.39. The number of aromatic carboxylic acids is 1. The third kappa shape index (κ3) is 3.07. The average molecular weight is 371 g/mol. The van der Waals surface area contributed by atoms with E-state index in [1.165, 1.54) is 18.2 Å². The molecule has 0 spiro atoms. The van der Waals surface area contributed by atoms with E-state index < -0.39 is 17.8 Å². The van der Waals surface area contributed by atoms with Crippen LogP contribution in [0.1, 0.15) is 21.5 Å². The summed E-state index contributed by atoms with van der Waals surface area (Å²) in [5.41, 5.74) is 2.44. The number of carboxylic acid groups (broad SMARTS) is 1. The minimum Gasteiger partial charge on any atom is -0.478 e. The Kier molecular flexibility index (Phi) is 4.52. The second kappa shape index (κ2) is 6.65. The first kappa shape index (κ1) is 17.7. The highest BCUT2D eigenvalue weighted by Crippen LogP contribution is 2.32. The Labute approximate surface area is 154 Å². The molecule has 0 saturated carbocycles. The van der Waals surface area contributed by atoms with Gasteiger partial charge in [-0.25, -0.2) is 9.69 Å². The summed E-state index contributed by atoms with van der Waals surface area (Å²) in [4.78, 5) is 37.4. The Balaban J connectivity index is 1.96. The summed E-state index contributed by atoms with van der Waals surface area (Å²) in [6.45, 7) is 3.66. The Morgan fingerprint density at radius 2 is 1.81 bits per heavy atom. The second-order valence-electron chi connectivity index (χ2n) is 5.94. The highest BCUT2D eigenvalue weighted by molar-refractivity contribution is 6.53. The van der Waals surface area contributed by atoms with E-state index in [-0.39, 0.29) is 16.3 Å².